The SMILES string of the molecule is O=C(NC1CCCCCCC1)N1CCN(C2CCCC2)CC1. The van der Waals surface area contributed by atoms with Crippen molar-refractivity contribution in [1.82, 2.24) is 15.1 Å². The molecule has 4 heteroatoms. The van der Waals surface area contributed by atoms with Gasteiger partial charge in [-0.05, 0) is 25.7 Å². The summed E-state index contributed by atoms with van der Waals surface area (Å²) in [6.45, 7) is 3.97. The fraction of sp³-hybridized carbons (Fsp3) is 0.944. The molecule has 1 heterocycles. The summed E-state index contributed by atoms with van der Waals surface area (Å²) in [5.41, 5.74) is 0. The summed E-state index contributed by atoms with van der Waals surface area (Å²) in [5, 5.41) is 3.31. The number of rotatable bonds is 2. The molecule has 1 N–H and O–H groups in total. The van der Waals surface area contributed by atoms with E-state index >= 15 is 0 Å². The lowest BCUT2D eigenvalue weighted by molar-refractivity contribution is 0.108. The second-order valence-corrected chi connectivity index (χ2v) is 7.45. The molecule has 0 aromatic carbocycles. The lowest BCUT2D eigenvalue weighted by atomic mass is 9.97. The van der Waals surface area contributed by atoms with Crippen molar-refractivity contribution < 1.29 is 4.79 Å². The van der Waals surface area contributed by atoms with Crippen molar-refractivity contribution in [3.63, 3.8) is 0 Å². The van der Waals surface area contributed by atoms with Crippen LogP contribution >= 0.6 is 0 Å². The molecular formula is C18H33N3O. The number of carbonyl (C=O) groups excluding carboxylic acids is 1. The number of nitrogens with zero attached hydrogens (tertiary/aromatic N) is 2. The molecule has 126 valence electrons. The van der Waals surface area contributed by atoms with Crippen LogP contribution in [0.5, 0.6) is 0 Å². The predicted molar refractivity (Wildman–Crippen MR) is 90.0 cm³/mol. The van der Waals surface area contributed by atoms with Crippen LogP contribution in [0.1, 0.15) is 70.6 Å². The van der Waals surface area contributed by atoms with Gasteiger partial charge in [-0.1, -0.05) is 44.9 Å². The van der Waals surface area contributed by atoms with E-state index in [0.29, 0.717) is 6.04 Å². The van der Waals surface area contributed by atoms with Gasteiger partial charge in [0.05, 0.1) is 0 Å². The van der Waals surface area contributed by atoms with Crippen LogP contribution in [0.15, 0.2) is 0 Å². The van der Waals surface area contributed by atoms with Gasteiger partial charge in [-0.25, -0.2) is 4.79 Å². The van der Waals surface area contributed by atoms with E-state index in [1.165, 1.54) is 70.6 Å². The highest BCUT2D eigenvalue weighted by atomic mass is 16.2. The summed E-state index contributed by atoms with van der Waals surface area (Å²) in [6.07, 6.45) is 14.5. The maximum absolute atomic E-state index is 12.5. The fourth-order valence-corrected chi connectivity index (χ4v) is 4.43. The molecule has 22 heavy (non-hydrogen) atoms. The Hall–Kier alpha value is -0.770. The van der Waals surface area contributed by atoms with Crippen molar-refractivity contribution in [3.8, 4) is 0 Å². The van der Waals surface area contributed by atoms with Crippen LogP contribution in [-0.2, 0) is 0 Å². The molecule has 3 fully saturated rings. The summed E-state index contributed by atoms with van der Waals surface area (Å²) in [5.74, 6) is 0. The molecule has 0 aromatic heterocycles. The minimum absolute atomic E-state index is 0.191. The van der Waals surface area contributed by atoms with Crippen LogP contribution in [0.3, 0.4) is 0 Å². The summed E-state index contributed by atoms with van der Waals surface area (Å²) in [7, 11) is 0. The zero-order chi connectivity index (χ0) is 15.2. The highest BCUT2D eigenvalue weighted by Crippen LogP contribution is 2.24. The Morgan fingerprint density at radius 3 is 1.91 bits per heavy atom. The zero-order valence-electron chi connectivity index (χ0n) is 14.1. The molecule has 0 radical (unpaired) electrons. The molecule has 2 aliphatic carbocycles. The summed E-state index contributed by atoms with van der Waals surface area (Å²) < 4.78 is 0. The quantitative estimate of drug-likeness (QED) is 0.849. The van der Waals surface area contributed by atoms with E-state index in [2.05, 4.69) is 10.2 Å². The van der Waals surface area contributed by atoms with Crippen LogP contribution < -0.4 is 5.32 Å². The molecule has 0 bridgehead atoms. The number of urea groups is 1. The lowest BCUT2D eigenvalue weighted by Gasteiger charge is -2.38. The summed E-state index contributed by atoms with van der Waals surface area (Å²) in [4.78, 5) is 17.2. The van der Waals surface area contributed by atoms with E-state index in [0.717, 1.165) is 32.2 Å². The number of carbonyl (C=O) groups is 1. The molecular weight excluding hydrogens is 274 g/mol. The first-order valence-corrected chi connectivity index (χ1v) is 9.62. The molecule has 2 amide bonds. The molecule has 1 saturated heterocycles. The zero-order valence-corrected chi connectivity index (χ0v) is 14.1. The standard InChI is InChI=1S/C18H33N3O/c22-18(19-16-8-4-2-1-3-5-9-16)21-14-12-20(13-15-21)17-10-6-7-11-17/h16-17H,1-15H2,(H,19,22). The van der Waals surface area contributed by atoms with Gasteiger partial charge in [-0.2, -0.15) is 0 Å². The predicted octanol–water partition coefficient (Wildman–Crippen LogP) is 3.37. The van der Waals surface area contributed by atoms with E-state index < -0.39 is 0 Å². The number of piperazine rings is 1. The minimum Gasteiger partial charge on any atom is -0.335 e. The highest BCUT2D eigenvalue weighted by molar-refractivity contribution is 5.74. The number of amides is 2. The Bertz CT molecular complexity index is 338. The van der Waals surface area contributed by atoms with Gasteiger partial charge in [0.25, 0.3) is 0 Å². The van der Waals surface area contributed by atoms with E-state index in [4.69, 9.17) is 0 Å². The van der Waals surface area contributed by atoms with Gasteiger partial charge in [0.2, 0.25) is 0 Å². The molecule has 0 atom stereocenters. The Kier molecular flexibility index (Phi) is 5.99. The van der Waals surface area contributed by atoms with Gasteiger partial charge in [0, 0.05) is 38.3 Å². The number of hydrogen-bond donors (Lipinski definition) is 1. The maximum atomic E-state index is 12.5. The van der Waals surface area contributed by atoms with Crippen LogP contribution in [0.25, 0.3) is 0 Å². The van der Waals surface area contributed by atoms with Crippen molar-refractivity contribution in [1.29, 1.82) is 0 Å². The Labute approximate surface area is 135 Å². The molecule has 0 aromatic rings. The van der Waals surface area contributed by atoms with Crippen molar-refractivity contribution in [2.45, 2.75) is 82.7 Å². The second-order valence-electron chi connectivity index (χ2n) is 7.45. The Balaban J connectivity index is 1.41. The smallest absolute Gasteiger partial charge is 0.317 e. The third-order valence-electron chi connectivity index (χ3n) is 5.88. The van der Waals surface area contributed by atoms with Gasteiger partial charge >= 0.3 is 6.03 Å². The van der Waals surface area contributed by atoms with Crippen molar-refractivity contribution in [2.24, 2.45) is 0 Å². The van der Waals surface area contributed by atoms with Crippen LogP contribution in [0.2, 0.25) is 0 Å². The van der Waals surface area contributed by atoms with Gasteiger partial charge in [0.15, 0.2) is 0 Å². The molecule has 3 aliphatic rings. The molecule has 3 rings (SSSR count). The number of nitrogens with one attached hydrogen (secondary N) is 1. The molecule has 4 nitrogen and oxygen atoms in total. The first kappa shape index (κ1) is 16.1. The van der Waals surface area contributed by atoms with Crippen LogP contribution in [0.4, 0.5) is 4.79 Å². The van der Waals surface area contributed by atoms with Gasteiger partial charge in [-0.3, -0.25) is 4.90 Å². The van der Waals surface area contributed by atoms with Crippen LogP contribution in [-0.4, -0.2) is 54.1 Å². The first-order chi connectivity index (χ1) is 10.8. The van der Waals surface area contributed by atoms with Gasteiger partial charge in [-0.15, -0.1) is 0 Å². The van der Waals surface area contributed by atoms with E-state index in [1.807, 2.05) is 4.90 Å². The van der Waals surface area contributed by atoms with Crippen molar-refractivity contribution in [2.75, 3.05) is 26.2 Å². The maximum Gasteiger partial charge on any atom is 0.317 e. The highest BCUT2D eigenvalue weighted by Gasteiger charge is 2.28. The van der Waals surface area contributed by atoms with E-state index in [-0.39, 0.29) is 6.03 Å². The molecule has 0 spiro atoms. The van der Waals surface area contributed by atoms with E-state index in [9.17, 15) is 4.79 Å². The van der Waals surface area contributed by atoms with Crippen molar-refractivity contribution >= 4 is 6.03 Å². The Morgan fingerprint density at radius 1 is 0.727 bits per heavy atom. The minimum atomic E-state index is 0.191. The fourth-order valence-electron chi connectivity index (χ4n) is 4.43. The van der Waals surface area contributed by atoms with Gasteiger partial charge < -0.3 is 10.2 Å². The molecule has 1 aliphatic heterocycles. The average molecular weight is 307 g/mol. The third kappa shape index (κ3) is 4.37. The number of hydrogen-bond acceptors (Lipinski definition) is 2. The first-order valence-electron chi connectivity index (χ1n) is 9.62. The monoisotopic (exact) mass is 307 g/mol. The summed E-state index contributed by atoms with van der Waals surface area (Å²) in [6, 6.07) is 1.41. The third-order valence-corrected chi connectivity index (χ3v) is 5.88. The largest absolute Gasteiger partial charge is 0.335 e. The van der Waals surface area contributed by atoms with Crippen LogP contribution in [0, 0.1) is 0 Å². The topological polar surface area (TPSA) is 35.6 Å². The average Bonchev–Trinajstić information content (AvgIpc) is 3.04. The normalized spacial score (nSPS) is 26.6. The second kappa shape index (κ2) is 8.19. The van der Waals surface area contributed by atoms with Gasteiger partial charge in [0.1, 0.15) is 0 Å². The van der Waals surface area contributed by atoms with Crippen molar-refractivity contribution in [3.05, 3.63) is 0 Å². The lowest BCUT2D eigenvalue weighted by Crippen LogP contribution is -2.55. The Morgan fingerprint density at radius 2 is 1.27 bits per heavy atom. The molecule has 0 unspecified atom stereocenters. The molecule has 2 saturated carbocycles. The van der Waals surface area contributed by atoms with E-state index in [1.54, 1.807) is 0 Å². The summed E-state index contributed by atoms with van der Waals surface area (Å²) >= 11 is 0.